The Morgan fingerprint density at radius 3 is 2.60 bits per heavy atom. The Hall–Kier alpha value is -0.990. The Morgan fingerprint density at radius 1 is 1.40 bits per heavy atom. The van der Waals surface area contributed by atoms with Gasteiger partial charge in [-0.25, -0.2) is 22.2 Å². The van der Waals surface area contributed by atoms with Crippen LogP contribution in [0.15, 0.2) is 27.8 Å². The lowest BCUT2D eigenvalue weighted by Gasteiger charge is -2.08. The molecular formula is C11H8BrClF2N2O2S. The number of nitrogens with zero attached hydrogens (tertiary/aromatic N) is 2. The molecule has 0 fully saturated rings. The van der Waals surface area contributed by atoms with Crippen LogP contribution in [0.3, 0.4) is 0 Å². The molecule has 0 spiro atoms. The van der Waals surface area contributed by atoms with Crippen molar-refractivity contribution in [1.29, 1.82) is 0 Å². The standard InChI is InChI=1S/C11H8BrClF2N2O2S/c1-6-16-10(20(13,18)19)5-17(6)4-7-9(14)3-2-8(12)11(7)15/h2-3,5H,4H2,1H3. The summed E-state index contributed by atoms with van der Waals surface area (Å²) in [5.74, 6) is -1.19. The first kappa shape index (κ1) is 15.4. The monoisotopic (exact) mass is 384 g/mol. The first-order chi connectivity index (χ1) is 9.20. The molecule has 0 amide bonds. The van der Waals surface area contributed by atoms with Crippen molar-refractivity contribution in [3.63, 3.8) is 0 Å². The van der Waals surface area contributed by atoms with Crippen LogP contribution in [-0.2, 0) is 15.6 Å². The second-order valence-corrected chi connectivity index (χ2v) is 7.38. The second-order valence-electron chi connectivity index (χ2n) is 4.01. The maximum absolute atomic E-state index is 13.9. The zero-order valence-electron chi connectivity index (χ0n) is 10.1. The minimum Gasteiger partial charge on any atom is -0.329 e. The van der Waals surface area contributed by atoms with Crippen LogP contribution in [0.5, 0.6) is 0 Å². The van der Waals surface area contributed by atoms with Crippen molar-refractivity contribution < 1.29 is 17.2 Å². The van der Waals surface area contributed by atoms with Crippen molar-refractivity contribution in [2.75, 3.05) is 0 Å². The highest BCUT2D eigenvalue weighted by Crippen LogP contribution is 2.23. The van der Waals surface area contributed by atoms with E-state index < -0.39 is 20.7 Å². The Balaban J connectivity index is 2.46. The maximum Gasteiger partial charge on any atom is 0.280 e. The lowest BCUT2D eigenvalue weighted by atomic mass is 10.2. The molecule has 0 aliphatic rings. The molecule has 0 bridgehead atoms. The first-order valence-electron chi connectivity index (χ1n) is 5.31. The fourth-order valence-corrected chi connectivity index (χ4v) is 2.73. The molecule has 4 nitrogen and oxygen atoms in total. The van der Waals surface area contributed by atoms with Crippen molar-refractivity contribution in [2.24, 2.45) is 0 Å². The SMILES string of the molecule is Cc1nc(S(=O)(=O)Cl)cn1Cc1c(F)ccc(Br)c1F. The van der Waals surface area contributed by atoms with Gasteiger partial charge in [-0.1, -0.05) is 0 Å². The Morgan fingerprint density at radius 2 is 2.05 bits per heavy atom. The molecule has 1 aromatic carbocycles. The molecule has 1 heterocycles. The number of aryl methyl sites for hydroxylation is 1. The van der Waals surface area contributed by atoms with E-state index in [1.807, 2.05) is 0 Å². The quantitative estimate of drug-likeness (QED) is 0.602. The number of hydrogen-bond donors (Lipinski definition) is 0. The van der Waals surface area contributed by atoms with E-state index in [0.29, 0.717) is 0 Å². The number of rotatable bonds is 3. The average molecular weight is 386 g/mol. The third kappa shape index (κ3) is 3.02. The van der Waals surface area contributed by atoms with E-state index in [4.69, 9.17) is 10.7 Å². The summed E-state index contributed by atoms with van der Waals surface area (Å²) >= 11 is 2.97. The summed E-state index contributed by atoms with van der Waals surface area (Å²) in [6, 6.07) is 2.37. The van der Waals surface area contributed by atoms with Gasteiger partial charge in [0.05, 0.1) is 11.0 Å². The van der Waals surface area contributed by atoms with Gasteiger partial charge >= 0.3 is 0 Å². The minimum absolute atomic E-state index is 0.122. The molecule has 1 aromatic heterocycles. The van der Waals surface area contributed by atoms with Crippen molar-refractivity contribution >= 4 is 35.7 Å². The summed E-state index contributed by atoms with van der Waals surface area (Å²) < 4.78 is 51.3. The van der Waals surface area contributed by atoms with Crippen LogP contribution in [0.2, 0.25) is 0 Å². The van der Waals surface area contributed by atoms with Gasteiger partial charge in [-0.2, -0.15) is 0 Å². The summed E-state index contributed by atoms with van der Waals surface area (Å²) in [7, 11) is 1.19. The molecule has 0 saturated heterocycles. The summed E-state index contributed by atoms with van der Waals surface area (Å²) in [6.07, 6.45) is 1.14. The molecule has 0 aliphatic heterocycles. The molecule has 0 saturated carbocycles. The lowest BCUT2D eigenvalue weighted by Crippen LogP contribution is -2.06. The number of hydrogen-bond acceptors (Lipinski definition) is 3. The largest absolute Gasteiger partial charge is 0.329 e. The van der Waals surface area contributed by atoms with E-state index in [-0.39, 0.29) is 27.4 Å². The van der Waals surface area contributed by atoms with Gasteiger partial charge in [0.1, 0.15) is 17.5 Å². The predicted octanol–water partition coefficient (Wildman–Crippen LogP) is 3.21. The van der Waals surface area contributed by atoms with Crippen molar-refractivity contribution in [1.82, 2.24) is 9.55 Å². The highest BCUT2D eigenvalue weighted by atomic mass is 79.9. The average Bonchev–Trinajstić information content (AvgIpc) is 2.71. The van der Waals surface area contributed by atoms with E-state index >= 15 is 0 Å². The molecule has 0 N–H and O–H groups in total. The molecule has 2 aromatic rings. The van der Waals surface area contributed by atoms with Gasteiger partial charge in [0.15, 0.2) is 5.03 Å². The van der Waals surface area contributed by atoms with E-state index in [1.165, 1.54) is 17.6 Å². The number of benzene rings is 1. The summed E-state index contributed by atoms with van der Waals surface area (Å²) in [5, 5.41) is -0.354. The van der Waals surface area contributed by atoms with Gasteiger partial charge in [-0.3, -0.25) is 0 Å². The number of halogens is 4. The number of imidazole rings is 1. The van der Waals surface area contributed by atoms with Gasteiger partial charge in [0, 0.05) is 22.4 Å². The van der Waals surface area contributed by atoms with Crippen LogP contribution in [0.1, 0.15) is 11.4 Å². The molecule has 0 unspecified atom stereocenters. The van der Waals surface area contributed by atoms with Crippen LogP contribution >= 0.6 is 26.6 Å². The molecule has 20 heavy (non-hydrogen) atoms. The van der Waals surface area contributed by atoms with E-state index in [1.54, 1.807) is 0 Å². The van der Waals surface area contributed by atoms with E-state index in [9.17, 15) is 17.2 Å². The van der Waals surface area contributed by atoms with Gasteiger partial charge in [0.25, 0.3) is 9.05 Å². The molecule has 0 atom stereocenters. The molecule has 0 radical (unpaired) electrons. The maximum atomic E-state index is 13.9. The number of aromatic nitrogens is 2. The molecule has 9 heteroatoms. The zero-order chi connectivity index (χ0) is 15.1. The summed E-state index contributed by atoms with van der Waals surface area (Å²) in [6.45, 7) is 1.32. The Labute approximate surface area is 126 Å². The predicted molar refractivity (Wildman–Crippen MR) is 73.2 cm³/mol. The van der Waals surface area contributed by atoms with Crippen LogP contribution in [0, 0.1) is 18.6 Å². The smallest absolute Gasteiger partial charge is 0.280 e. The van der Waals surface area contributed by atoms with E-state index in [2.05, 4.69) is 20.9 Å². The van der Waals surface area contributed by atoms with E-state index in [0.717, 1.165) is 12.3 Å². The minimum atomic E-state index is -3.98. The van der Waals surface area contributed by atoms with Crippen LogP contribution in [-0.4, -0.2) is 18.0 Å². The molecule has 108 valence electrons. The van der Waals surface area contributed by atoms with Crippen molar-refractivity contribution in [2.45, 2.75) is 18.5 Å². The van der Waals surface area contributed by atoms with Crippen LogP contribution in [0.25, 0.3) is 0 Å². The lowest BCUT2D eigenvalue weighted by molar-refractivity contribution is 0.538. The van der Waals surface area contributed by atoms with Gasteiger partial charge in [0.2, 0.25) is 0 Å². The normalized spacial score (nSPS) is 11.8. The van der Waals surface area contributed by atoms with Gasteiger partial charge in [-0.15, -0.1) is 0 Å². The third-order valence-corrected chi connectivity index (χ3v) is 4.45. The fourth-order valence-electron chi connectivity index (χ4n) is 1.64. The topological polar surface area (TPSA) is 52.0 Å². The van der Waals surface area contributed by atoms with Crippen molar-refractivity contribution in [3.8, 4) is 0 Å². The zero-order valence-corrected chi connectivity index (χ0v) is 13.2. The van der Waals surface area contributed by atoms with Crippen LogP contribution in [0.4, 0.5) is 8.78 Å². The second kappa shape index (κ2) is 5.42. The van der Waals surface area contributed by atoms with Crippen LogP contribution < -0.4 is 0 Å². The molecule has 0 aliphatic carbocycles. The highest BCUT2D eigenvalue weighted by molar-refractivity contribution is 9.10. The van der Waals surface area contributed by atoms with Gasteiger partial charge < -0.3 is 4.57 Å². The van der Waals surface area contributed by atoms with Crippen molar-refractivity contribution in [3.05, 3.63) is 45.8 Å². The highest BCUT2D eigenvalue weighted by Gasteiger charge is 2.18. The molecular weight excluding hydrogens is 378 g/mol. The third-order valence-electron chi connectivity index (χ3n) is 2.67. The Bertz CT molecular complexity index is 777. The molecule has 2 rings (SSSR count). The van der Waals surface area contributed by atoms with Gasteiger partial charge in [-0.05, 0) is 35.0 Å². The Kier molecular flexibility index (Phi) is 4.17. The first-order valence-corrected chi connectivity index (χ1v) is 8.41. The summed E-state index contributed by atoms with van der Waals surface area (Å²) in [5.41, 5.74) is -0.196. The fraction of sp³-hybridized carbons (Fsp3) is 0.182. The summed E-state index contributed by atoms with van der Waals surface area (Å²) in [4.78, 5) is 3.75.